The molecule has 3 amide bonds. The number of thioether (sulfide) groups is 1. The van der Waals surface area contributed by atoms with Gasteiger partial charge in [0.2, 0.25) is 0 Å². The summed E-state index contributed by atoms with van der Waals surface area (Å²) < 4.78 is 7.01. The van der Waals surface area contributed by atoms with E-state index < -0.39 is 30.1 Å². The van der Waals surface area contributed by atoms with Gasteiger partial charge in [0.05, 0.1) is 16.8 Å². The van der Waals surface area contributed by atoms with Crippen LogP contribution in [0.15, 0.2) is 29.4 Å². The van der Waals surface area contributed by atoms with Crippen LogP contribution in [-0.4, -0.2) is 45.4 Å². The summed E-state index contributed by atoms with van der Waals surface area (Å²) in [4.78, 5) is 39.8. The smallest absolute Gasteiger partial charge is 0.321 e. The van der Waals surface area contributed by atoms with Crippen molar-refractivity contribution in [2.24, 2.45) is 0 Å². The van der Waals surface area contributed by atoms with Crippen LogP contribution < -0.4 is 10.6 Å². The molecule has 0 radical (unpaired) electrons. The number of benzene rings is 1. The molecule has 2 aromatic rings. The minimum Gasteiger partial charge on any atom is -0.455 e. The molecule has 2 N–H and O–H groups in total. The normalized spacial score (nSPS) is 11.3. The number of para-hydroxylation sites is 2. The molecule has 0 spiro atoms. The van der Waals surface area contributed by atoms with Crippen LogP contribution in [0.1, 0.15) is 34.1 Å². The van der Waals surface area contributed by atoms with Gasteiger partial charge < -0.3 is 14.6 Å². The molecular weight excluding hydrogens is 380 g/mol. The highest BCUT2D eigenvalue weighted by Gasteiger charge is 2.17. The summed E-state index contributed by atoms with van der Waals surface area (Å²) in [5.41, 5.74) is 1.42. The number of hydrogen-bond acceptors (Lipinski definition) is 6. The van der Waals surface area contributed by atoms with E-state index in [1.54, 1.807) is 20.8 Å². The van der Waals surface area contributed by atoms with Crippen LogP contribution >= 0.6 is 11.8 Å². The number of amides is 3. The van der Waals surface area contributed by atoms with Crippen LogP contribution in [0.5, 0.6) is 0 Å². The second-order valence-electron chi connectivity index (χ2n) is 7.24. The van der Waals surface area contributed by atoms with E-state index >= 15 is 0 Å². The Morgan fingerprint density at radius 1 is 1.21 bits per heavy atom. The highest BCUT2D eigenvalue weighted by molar-refractivity contribution is 7.99. The first-order valence-electron chi connectivity index (χ1n) is 9.05. The van der Waals surface area contributed by atoms with Crippen molar-refractivity contribution < 1.29 is 19.1 Å². The number of carbonyl (C=O) groups is 3. The molecule has 2 rings (SSSR count). The van der Waals surface area contributed by atoms with Gasteiger partial charge in [-0.15, -0.1) is 0 Å². The maximum Gasteiger partial charge on any atom is 0.321 e. The average molecular weight is 407 g/mol. The lowest BCUT2D eigenvalue weighted by atomic mass is 10.1. The molecule has 0 unspecified atom stereocenters. The molecule has 0 saturated carbocycles. The van der Waals surface area contributed by atoms with Gasteiger partial charge in [0, 0.05) is 12.1 Å². The summed E-state index contributed by atoms with van der Waals surface area (Å²) in [6.45, 7) is 7.73. The van der Waals surface area contributed by atoms with Crippen molar-refractivity contribution in [3.8, 4) is 0 Å². The zero-order valence-electron chi connectivity index (χ0n) is 16.6. The molecule has 0 atom stereocenters. The van der Waals surface area contributed by atoms with Crippen molar-refractivity contribution >= 4 is 40.7 Å². The molecule has 0 saturated heterocycles. The first-order valence-corrected chi connectivity index (χ1v) is 10.0. The molecule has 0 fully saturated rings. The fourth-order valence-electron chi connectivity index (χ4n) is 2.45. The zero-order chi connectivity index (χ0) is 20.7. The van der Waals surface area contributed by atoms with Gasteiger partial charge in [0.25, 0.3) is 5.91 Å². The third kappa shape index (κ3) is 6.56. The number of aryl methyl sites for hydroxylation is 1. The van der Waals surface area contributed by atoms with Gasteiger partial charge in [0.1, 0.15) is 0 Å². The molecular formula is C19H26N4O4S. The number of nitrogens with one attached hydrogen (secondary N) is 2. The first-order chi connectivity index (χ1) is 13.2. The first kappa shape index (κ1) is 21.7. The Balaban J connectivity index is 1.84. The Kier molecular flexibility index (Phi) is 7.45. The van der Waals surface area contributed by atoms with Gasteiger partial charge in [-0.1, -0.05) is 30.8 Å². The number of imide groups is 1. The molecule has 1 aromatic carbocycles. The summed E-state index contributed by atoms with van der Waals surface area (Å²) in [5, 5.41) is 5.44. The van der Waals surface area contributed by atoms with Crippen LogP contribution in [0.25, 0.3) is 11.0 Å². The average Bonchev–Trinajstić information content (AvgIpc) is 2.94. The number of ether oxygens (including phenoxy) is 1. The fourth-order valence-corrected chi connectivity index (χ4v) is 3.29. The fraction of sp³-hybridized carbons (Fsp3) is 0.474. The molecule has 8 nitrogen and oxygen atoms in total. The topological polar surface area (TPSA) is 102 Å². The molecule has 0 bridgehead atoms. The highest BCUT2D eigenvalue weighted by Crippen LogP contribution is 2.24. The molecule has 0 aliphatic rings. The van der Waals surface area contributed by atoms with Crippen LogP contribution in [-0.2, 0) is 20.9 Å². The molecule has 0 aliphatic carbocycles. The standard InChI is InChI=1S/C19H26N4O4S/c1-5-10-23-14-9-7-6-8-13(14)20-18(23)28-12-16(25)27-11-15(24)21-17(26)22-19(2,3)4/h6-9H,5,10-12H2,1-4H3,(H2,21,22,24,26). The van der Waals surface area contributed by atoms with Crippen LogP contribution in [0, 0.1) is 0 Å². The Labute approximate surface area is 168 Å². The van der Waals surface area contributed by atoms with Gasteiger partial charge in [-0.05, 0) is 39.3 Å². The van der Waals surface area contributed by atoms with Crippen LogP contribution in [0.3, 0.4) is 0 Å². The maximum atomic E-state index is 12.0. The summed E-state index contributed by atoms with van der Waals surface area (Å²) in [7, 11) is 0. The van der Waals surface area contributed by atoms with Gasteiger partial charge in [-0.2, -0.15) is 0 Å². The van der Waals surface area contributed by atoms with E-state index in [2.05, 4.69) is 27.1 Å². The highest BCUT2D eigenvalue weighted by atomic mass is 32.2. The molecule has 9 heteroatoms. The summed E-state index contributed by atoms with van der Waals surface area (Å²) in [6, 6.07) is 7.16. The van der Waals surface area contributed by atoms with Gasteiger partial charge in [0.15, 0.2) is 11.8 Å². The lowest BCUT2D eigenvalue weighted by molar-refractivity contribution is -0.145. The van der Waals surface area contributed by atoms with Crippen LogP contribution in [0.4, 0.5) is 4.79 Å². The molecule has 1 heterocycles. The minimum atomic E-state index is -0.682. The van der Waals surface area contributed by atoms with Crippen molar-refractivity contribution in [2.45, 2.75) is 51.4 Å². The lowest BCUT2D eigenvalue weighted by Gasteiger charge is -2.20. The molecule has 0 aliphatic heterocycles. The summed E-state index contributed by atoms with van der Waals surface area (Å²) in [5.74, 6) is -1.21. The van der Waals surface area contributed by atoms with Crippen molar-refractivity contribution in [3.05, 3.63) is 24.3 Å². The number of rotatable bonds is 7. The zero-order valence-corrected chi connectivity index (χ0v) is 17.4. The number of esters is 1. The van der Waals surface area contributed by atoms with E-state index in [1.165, 1.54) is 11.8 Å². The lowest BCUT2D eigenvalue weighted by Crippen LogP contribution is -2.49. The van der Waals surface area contributed by atoms with Crippen molar-refractivity contribution in [2.75, 3.05) is 12.4 Å². The van der Waals surface area contributed by atoms with E-state index in [9.17, 15) is 14.4 Å². The van der Waals surface area contributed by atoms with E-state index in [-0.39, 0.29) is 5.75 Å². The predicted molar refractivity (Wildman–Crippen MR) is 108 cm³/mol. The third-order valence-electron chi connectivity index (χ3n) is 3.49. The van der Waals surface area contributed by atoms with Gasteiger partial charge >= 0.3 is 12.0 Å². The van der Waals surface area contributed by atoms with E-state index in [0.717, 1.165) is 29.2 Å². The quantitative estimate of drug-likeness (QED) is 0.541. The molecule has 1 aromatic heterocycles. The Hall–Kier alpha value is -2.55. The minimum absolute atomic E-state index is 0.0223. The monoisotopic (exact) mass is 406 g/mol. The van der Waals surface area contributed by atoms with Crippen molar-refractivity contribution in [1.29, 1.82) is 0 Å². The summed E-state index contributed by atoms with van der Waals surface area (Å²) >= 11 is 1.26. The number of fused-ring (bicyclic) bond motifs is 1. The second kappa shape index (κ2) is 9.59. The SMILES string of the molecule is CCCn1c(SCC(=O)OCC(=O)NC(=O)NC(C)(C)C)nc2ccccc21. The second-order valence-corrected chi connectivity index (χ2v) is 8.18. The Morgan fingerprint density at radius 2 is 1.93 bits per heavy atom. The number of imidazole rings is 1. The van der Waals surface area contributed by atoms with Gasteiger partial charge in [-0.3, -0.25) is 14.9 Å². The summed E-state index contributed by atoms with van der Waals surface area (Å²) in [6.07, 6.45) is 0.940. The number of carbonyl (C=O) groups excluding carboxylic acids is 3. The number of hydrogen-bond donors (Lipinski definition) is 2. The van der Waals surface area contributed by atoms with Crippen molar-refractivity contribution in [1.82, 2.24) is 20.2 Å². The maximum absolute atomic E-state index is 12.0. The molecule has 28 heavy (non-hydrogen) atoms. The van der Waals surface area contributed by atoms with E-state index in [4.69, 9.17) is 4.74 Å². The number of nitrogens with zero attached hydrogens (tertiary/aromatic N) is 2. The van der Waals surface area contributed by atoms with E-state index in [0.29, 0.717) is 0 Å². The Morgan fingerprint density at radius 3 is 2.61 bits per heavy atom. The van der Waals surface area contributed by atoms with E-state index in [1.807, 2.05) is 24.3 Å². The van der Waals surface area contributed by atoms with Gasteiger partial charge in [-0.25, -0.2) is 9.78 Å². The Bertz CT molecular complexity index is 857. The number of urea groups is 1. The largest absolute Gasteiger partial charge is 0.455 e. The number of aromatic nitrogens is 2. The predicted octanol–water partition coefficient (Wildman–Crippen LogP) is 2.71. The third-order valence-corrected chi connectivity index (χ3v) is 4.44. The van der Waals surface area contributed by atoms with Crippen molar-refractivity contribution in [3.63, 3.8) is 0 Å². The molecule has 152 valence electrons. The van der Waals surface area contributed by atoms with Crippen LogP contribution in [0.2, 0.25) is 0 Å².